The summed E-state index contributed by atoms with van der Waals surface area (Å²) in [6, 6.07) is 11.5. The second-order valence-electron chi connectivity index (χ2n) is 5.38. The van der Waals surface area contributed by atoms with Crippen molar-refractivity contribution in [2.75, 3.05) is 13.1 Å². The maximum absolute atomic E-state index is 4.22. The molecule has 0 spiro atoms. The minimum atomic E-state index is 0.531. The van der Waals surface area contributed by atoms with Crippen molar-refractivity contribution in [3.63, 3.8) is 0 Å². The van der Waals surface area contributed by atoms with Gasteiger partial charge >= 0.3 is 0 Å². The molecule has 0 amide bonds. The van der Waals surface area contributed by atoms with Crippen LogP contribution in [0.3, 0.4) is 0 Å². The summed E-state index contributed by atoms with van der Waals surface area (Å²) in [6.45, 7) is 4.79. The summed E-state index contributed by atoms with van der Waals surface area (Å²) in [6.07, 6.45) is 4.53. The lowest BCUT2D eigenvalue weighted by atomic mass is 10.0. The predicted molar refractivity (Wildman–Crippen MR) is 77.9 cm³/mol. The van der Waals surface area contributed by atoms with Crippen LogP contribution >= 0.6 is 0 Å². The van der Waals surface area contributed by atoms with Gasteiger partial charge in [-0.25, -0.2) is 0 Å². The fourth-order valence-electron chi connectivity index (χ4n) is 2.93. The number of hydrogen-bond donors (Lipinski definition) is 0. The molecule has 1 aromatic carbocycles. The normalized spacial score (nSPS) is 17.8. The summed E-state index contributed by atoms with van der Waals surface area (Å²) >= 11 is 0. The molecule has 0 radical (unpaired) electrons. The Bertz CT molecular complexity index is 535. The topological polar surface area (TPSA) is 21.1 Å². The van der Waals surface area contributed by atoms with Gasteiger partial charge in [0.05, 0.1) is 5.69 Å². The van der Waals surface area contributed by atoms with Crippen LogP contribution in [0, 0.1) is 0 Å². The Hall–Kier alpha value is -1.61. The minimum Gasteiger partial charge on any atom is -0.297 e. The number of rotatable bonds is 3. The van der Waals surface area contributed by atoms with E-state index in [2.05, 4.69) is 47.3 Å². The first-order chi connectivity index (χ1) is 9.25. The highest BCUT2D eigenvalue weighted by Gasteiger charge is 2.19. The van der Waals surface area contributed by atoms with Crippen molar-refractivity contribution < 1.29 is 0 Å². The van der Waals surface area contributed by atoms with E-state index in [0.717, 1.165) is 0 Å². The van der Waals surface area contributed by atoms with E-state index >= 15 is 0 Å². The third-order valence-corrected chi connectivity index (χ3v) is 4.20. The second kappa shape index (κ2) is 5.17. The molecule has 1 atom stereocenters. The van der Waals surface area contributed by atoms with Gasteiger partial charge in [-0.15, -0.1) is 0 Å². The molecule has 1 unspecified atom stereocenters. The van der Waals surface area contributed by atoms with Crippen LogP contribution in [0.25, 0.3) is 11.3 Å². The summed E-state index contributed by atoms with van der Waals surface area (Å²) in [5.74, 6) is 0. The largest absolute Gasteiger partial charge is 0.297 e. The van der Waals surface area contributed by atoms with Crippen LogP contribution in [0.4, 0.5) is 0 Å². The van der Waals surface area contributed by atoms with E-state index in [9.17, 15) is 0 Å². The maximum Gasteiger partial charge on any atom is 0.0678 e. The van der Waals surface area contributed by atoms with Gasteiger partial charge in [0.1, 0.15) is 0 Å². The smallest absolute Gasteiger partial charge is 0.0678 e. The van der Waals surface area contributed by atoms with E-state index in [1.807, 2.05) is 17.9 Å². The summed E-state index contributed by atoms with van der Waals surface area (Å²) in [4.78, 5) is 2.57. The van der Waals surface area contributed by atoms with Crippen LogP contribution in [0.5, 0.6) is 0 Å². The predicted octanol–water partition coefficient (Wildman–Crippen LogP) is 3.24. The van der Waals surface area contributed by atoms with Gasteiger partial charge in [-0.1, -0.05) is 24.3 Å². The Morgan fingerprint density at radius 2 is 1.74 bits per heavy atom. The van der Waals surface area contributed by atoms with Crippen molar-refractivity contribution in [1.29, 1.82) is 0 Å². The lowest BCUT2D eigenvalue weighted by Crippen LogP contribution is -2.23. The van der Waals surface area contributed by atoms with Gasteiger partial charge in [0.15, 0.2) is 0 Å². The van der Waals surface area contributed by atoms with Crippen molar-refractivity contribution in [2.24, 2.45) is 7.05 Å². The molecule has 1 fully saturated rings. The summed E-state index contributed by atoms with van der Waals surface area (Å²) in [7, 11) is 1.98. The molecular formula is C16H21N3. The first-order valence-electron chi connectivity index (χ1n) is 7.08. The molecule has 1 aliphatic rings. The Kier molecular flexibility index (Phi) is 3.38. The van der Waals surface area contributed by atoms with Crippen molar-refractivity contribution >= 4 is 0 Å². The van der Waals surface area contributed by atoms with Gasteiger partial charge < -0.3 is 0 Å². The lowest BCUT2D eigenvalue weighted by molar-refractivity contribution is 0.263. The van der Waals surface area contributed by atoms with Crippen molar-refractivity contribution in [1.82, 2.24) is 14.7 Å². The van der Waals surface area contributed by atoms with Gasteiger partial charge in [0.2, 0.25) is 0 Å². The Balaban J connectivity index is 1.80. The molecular weight excluding hydrogens is 234 g/mol. The van der Waals surface area contributed by atoms with Gasteiger partial charge in [-0.3, -0.25) is 9.58 Å². The molecule has 100 valence electrons. The summed E-state index contributed by atoms with van der Waals surface area (Å²) < 4.78 is 1.92. The molecule has 0 bridgehead atoms. The van der Waals surface area contributed by atoms with E-state index in [0.29, 0.717) is 6.04 Å². The van der Waals surface area contributed by atoms with Gasteiger partial charge in [-0.2, -0.15) is 5.10 Å². The van der Waals surface area contributed by atoms with Gasteiger partial charge in [0, 0.05) is 19.3 Å². The zero-order chi connectivity index (χ0) is 13.2. The lowest BCUT2D eigenvalue weighted by Gasteiger charge is -2.24. The van der Waals surface area contributed by atoms with Crippen LogP contribution < -0.4 is 0 Å². The van der Waals surface area contributed by atoms with Crippen LogP contribution in [-0.4, -0.2) is 27.8 Å². The second-order valence-corrected chi connectivity index (χ2v) is 5.38. The van der Waals surface area contributed by atoms with Gasteiger partial charge in [-0.05, 0) is 50.0 Å². The van der Waals surface area contributed by atoms with E-state index in [-0.39, 0.29) is 0 Å². The minimum absolute atomic E-state index is 0.531. The zero-order valence-electron chi connectivity index (χ0n) is 11.7. The maximum atomic E-state index is 4.22. The summed E-state index contributed by atoms with van der Waals surface area (Å²) in [5, 5.41) is 4.22. The van der Waals surface area contributed by atoms with Crippen molar-refractivity contribution in [3.05, 3.63) is 42.1 Å². The molecule has 3 rings (SSSR count). The highest BCUT2D eigenvalue weighted by molar-refractivity contribution is 5.59. The van der Waals surface area contributed by atoms with Crippen LogP contribution in [0.15, 0.2) is 36.5 Å². The molecule has 0 aliphatic carbocycles. The number of aryl methyl sites for hydroxylation is 1. The zero-order valence-corrected chi connectivity index (χ0v) is 11.7. The molecule has 1 aliphatic heterocycles. The fourth-order valence-corrected chi connectivity index (χ4v) is 2.93. The molecule has 2 aromatic rings. The molecule has 2 heterocycles. The molecule has 19 heavy (non-hydrogen) atoms. The highest BCUT2D eigenvalue weighted by Crippen LogP contribution is 2.26. The van der Waals surface area contributed by atoms with Gasteiger partial charge in [0.25, 0.3) is 0 Å². The van der Waals surface area contributed by atoms with Crippen LogP contribution in [-0.2, 0) is 7.05 Å². The quantitative estimate of drug-likeness (QED) is 0.839. The van der Waals surface area contributed by atoms with E-state index < -0.39 is 0 Å². The van der Waals surface area contributed by atoms with E-state index in [1.54, 1.807) is 0 Å². The summed E-state index contributed by atoms with van der Waals surface area (Å²) in [5.41, 5.74) is 3.81. The van der Waals surface area contributed by atoms with Crippen molar-refractivity contribution in [2.45, 2.75) is 25.8 Å². The standard InChI is InChI=1S/C16H21N3/c1-13(19-11-3-4-12-19)14-5-7-15(8-6-14)16-9-10-17-18(16)2/h5-10,13H,3-4,11-12H2,1-2H3. The fraction of sp³-hybridized carbons (Fsp3) is 0.438. The SMILES string of the molecule is CC(c1ccc(-c2ccnn2C)cc1)N1CCCC1. The number of likely N-dealkylation sites (tertiary alicyclic amines) is 1. The first kappa shape index (κ1) is 12.4. The molecule has 3 heteroatoms. The number of aromatic nitrogens is 2. The average molecular weight is 255 g/mol. The van der Waals surface area contributed by atoms with E-state index in [1.165, 1.54) is 42.8 Å². The molecule has 1 aromatic heterocycles. The van der Waals surface area contributed by atoms with Crippen LogP contribution in [0.1, 0.15) is 31.4 Å². The van der Waals surface area contributed by atoms with Crippen LogP contribution in [0.2, 0.25) is 0 Å². The molecule has 1 saturated heterocycles. The monoisotopic (exact) mass is 255 g/mol. The Labute approximate surface area is 114 Å². The third kappa shape index (κ3) is 2.43. The average Bonchev–Trinajstić information content (AvgIpc) is 3.09. The van der Waals surface area contributed by atoms with Crippen molar-refractivity contribution in [3.8, 4) is 11.3 Å². The molecule has 0 saturated carbocycles. The first-order valence-corrected chi connectivity index (χ1v) is 7.08. The Morgan fingerprint density at radius 1 is 1.05 bits per heavy atom. The molecule has 3 nitrogen and oxygen atoms in total. The Morgan fingerprint density at radius 3 is 2.32 bits per heavy atom. The third-order valence-electron chi connectivity index (χ3n) is 4.20. The number of hydrogen-bond acceptors (Lipinski definition) is 2. The highest BCUT2D eigenvalue weighted by atomic mass is 15.3. The number of benzene rings is 1. The van der Waals surface area contributed by atoms with E-state index in [4.69, 9.17) is 0 Å². The molecule has 0 N–H and O–H groups in total. The number of nitrogens with zero attached hydrogens (tertiary/aromatic N) is 3.